The Kier molecular flexibility index (Phi) is 6.36. The van der Waals surface area contributed by atoms with Gasteiger partial charge in [-0.15, -0.1) is 0 Å². The average Bonchev–Trinajstić information content (AvgIpc) is 2.71. The average molecular weight is 398 g/mol. The molecule has 0 radical (unpaired) electrons. The Labute approximate surface area is 167 Å². The molecule has 0 aliphatic heterocycles. The molecule has 28 heavy (non-hydrogen) atoms. The van der Waals surface area contributed by atoms with Crippen LogP contribution in [0.2, 0.25) is 0 Å². The number of hydrogen-bond donors (Lipinski definition) is 1. The first-order valence-electron chi connectivity index (χ1n) is 9.20. The van der Waals surface area contributed by atoms with E-state index >= 15 is 0 Å². The molecule has 7 heteroatoms. The fourth-order valence-corrected chi connectivity index (χ4v) is 3.80. The summed E-state index contributed by atoms with van der Waals surface area (Å²) in [5, 5.41) is 3.63. The Bertz CT molecular complexity index is 1050. The summed E-state index contributed by atoms with van der Waals surface area (Å²) in [5.74, 6) is 0.483. The maximum Gasteiger partial charge on any atom is 0.261 e. The molecule has 1 amide bonds. The van der Waals surface area contributed by atoms with Crippen LogP contribution in [-0.4, -0.2) is 27.3 Å². The number of rotatable bonds is 7. The van der Waals surface area contributed by atoms with Crippen molar-refractivity contribution in [3.8, 4) is 5.75 Å². The summed E-state index contributed by atoms with van der Waals surface area (Å²) in [6.45, 7) is 4.35. The zero-order valence-electron chi connectivity index (χ0n) is 16.1. The van der Waals surface area contributed by atoms with Gasteiger partial charge in [0, 0.05) is 7.05 Å². The number of anilines is 1. The number of hydrogen-bond acceptors (Lipinski definition) is 5. The smallest absolute Gasteiger partial charge is 0.261 e. The Hall–Kier alpha value is -2.80. The first kappa shape index (κ1) is 19.9. The second kappa shape index (κ2) is 8.93. The number of nitrogens with one attached hydrogen (secondary N) is 1. The van der Waals surface area contributed by atoms with Crippen molar-refractivity contribution in [1.29, 1.82) is 0 Å². The zero-order valence-corrected chi connectivity index (χ0v) is 17.0. The van der Waals surface area contributed by atoms with Crippen LogP contribution in [0, 0.1) is 0 Å². The minimum Gasteiger partial charge on any atom is -0.492 e. The van der Waals surface area contributed by atoms with E-state index in [1.54, 1.807) is 19.2 Å². The minimum absolute atomic E-state index is 0.120. The van der Waals surface area contributed by atoms with E-state index in [0.717, 1.165) is 0 Å². The number of nitrogens with zero attached hydrogens (tertiary/aromatic N) is 2. The van der Waals surface area contributed by atoms with Crippen LogP contribution < -0.4 is 15.6 Å². The number of thioether (sulfide) groups is 1. The van der Waals surface area contributed by atoms with E-state index in [-0.39, 0.29) is 11.5 Å². The molecular weight excluding hydrogens is 374 g/mol. The summed E-state index contributed by atoms with van der Waals surface area (Å²) in [6.07, 6.45) is 0.593. The summed E-state index contributed by atoms with van der Waals surface area (Å²) in [6, 6.07) is 14.6. The highest BCUT2D eigenvalue weighted by molar-refractivity contribution is 8.00. The Morgan fingerprint density at radius 1 is 1.18 bits per heavy atom. The third-order valence-corrected chi connectivity index (χ3v) is 5.71. The standard InChI is InChI=1S/C21H23N3O3S/c1-4-18(19(25)22-16-12-8-9-13-17(16)27-5-2)28-21-23-15-11-7-6-10-14(15)20(26)24(21)3/h6-13,18H,4-5H2,1-3H3,(H,22,25). The van der Waals surface area contributed by atoms with E-state index in [2.05, 4.69) is 10.3 Å². The van der Waals surface area contributed by atoms with Gasteiger partial charge >= 0.3 is 0 Å². The van der Waals surface area contributed by atoms with Gasteiger partial charge in [0.1, 0.15) is 5.75 Å². The van der Waals surface area contributed by atoms with E-state index < -0.39 is 5.25 Å². The number of carbonyl (C=O) groups is 1. The highest BCUT2D eigenvalue weighted by Gasteiger charge is 2.22. The van der Waals surface area contributed by atoms with Gasteiger partial charge in [0.15, 0.2) is 5.16 Å². The highest BCUT2D eigenvalue weighted by atomic mass is 32.2. The SMILES string of the molecule is CCOc1ccccc1NC(=O)C(CC)Sc1nc2ccccc2c(=O)n1C. The predicted molar refractivity (Wildman–Crippen MR) is 113 cm³/mol. The third kappa shape index (κ3) is 4.20. The lowest BCUT2D eigenvalue weighted by Crippen LogP contribution is -2.27. The zero-order chi connectivity index (χ0) is 20.1. The number of amides is 1. The van der Waals surface area contributed by atoms with Crippen LogP contribution in [-0.2, 0) is 11.8 Å². The van der Waals surface area contributed by atoms with Crippen molar-refractivity contribution in [3.05, 3.63) is 58.9 Å². The Morgan fingerprint density at radius 3 is 2.64 bits per heavy atom. The fraction of sp³-hybridized carbons (Fsp3) is 0.286. The summed E-state index contributed by atoms with van der Waals surface area (Å²) in [7, 11) is 1.68. The third-order valence-electron chi connectivity index (χ3n) is 4.30. The molecule has 1 atom stereocenters. The maximum absolute atomic E-state index is 12.9. The molecule has 6 nitrogen and oxygen atoms in total. The van der Waals surface area contributed by atoms with Crippen LogP contribution >= 0.6 is 11.8 Å². The number of benzene rings is 2. The Balaban J connectivity index is 1.85. The van der Waals surface area contributed by atoms with E-state index in [4.69, 9.17) is 4.74 Å². The number of ether oxygens (including phenoxy) is 1. The highest BCUT2D eigenvalue weighted by Crippen LogP contribution is 2.28. The van der Waals surface area contributed by atoms with Gasteiger partial charge < -0.3 is 10.1 Å². The molecule has 0 bridgehead atoms. The molecule has 1 N–H and O–H groups in total. The van der Waals surface area contributed by atoms with Gasteiger partial charge in [-0.25, -0.2) is 4.98 Å². The van der Waals surface area contributed by atoms with Crippen molar-refractivity contribution in [2.75, 3.05) is 11.9 Å². The van der Waals surface area contributed by atoms with Crippen LogP contribution in [0.4, 0.5) is 5.69 Å². The molecule has 1 unspecified atom stereocenters. The molecule has 2 aromatic carbocycles. The number of fused-ring (bicyclic) bond motifs is 1. The number of carbonyl (C=O) groups excluding carboxylic acids is 1. The summed E-state index contributed by atoms with van der Waals surface area (Å²) < 4.78 is 7.07. The van der Waals surface area contributed by atoms with Crippen molar-refractivity contribution in [1.82, 2.24) is 9.55 Å². The first-order valence-corrected chi connectivity index (χ1v) is 10.1. The molecule has 0 aliphatic carbocycles. The lowest BCUT2D eigenvalue weighted by molar-refractivity contribution is -0.115. The van der Waals surface area contributed by atoms with Crippen LogP contribution in [0.15, 0.2) is 58.5 Å². The van der Waals surface area contributed by atoms with E-state index in [1.165, 1.54) is 16.3 Å². The molecule has 1 heterocycles. The van der Waals surface area contributed by atoms with E-state index in [0.29, 0.717) is 40.5 Å². The molecule has 0 aliphatic rings. The first-order chi connectivity index (χ1) is 13.5. The van der Waals surface area contributed by atoms with Gasteiger partial charge in [0.05, 0.1) is 28.4 Å². The number of para-hydroxylation sites is 3. The summed E-state index contributed by atoms with van der Waals surface area (Å²) in [4.78, 5) is 30.0. The van der Waals surface area contributed by atoms with E-state index in [1.807, 2.05) is 50.2 Å². The molecule has 0 saturated heterocycles. The predicted octanol–water partition coefficient (Wildman–Crippen LogP) is 3.84. The fourth-order valence-electron chi connectivity index (χ4n) is 2.82. The van der Waals surface area contributed by atoms with Crippen molar-refractivity contribution in [2.24, 2.45) is 7.05 Å². The van der Waals surface area contributed by atoms with Crippen molar-refractivity contribution in [3.63, 3.8) is 0 Å². The van der Waals surface area contributed by atoms with Gasteiger partial charge in [-0.05, 0) is 37.6 Å². The van der Waals surface area contributed by atoms with E-state index in [9.17, 15) is 9.59 Å². The van der Waals surface area contributed by atoms with Crippen LogP contribution in [0.1, 0.15) is 20.3 Å². The van der Waals surface area contributed by atoms with Crippen LogP contribution in [0.3, 0.4) is 0 Å². The summed E-state index contributed by atoms with van der Waals surface area (Å²) >= 11 is 1.29. The van der Waals surface area contributed by atoms with Gasteiger partial charge in [0.2, 0.25) is 5.91 Å². The largest absolute Gasteiger partial charge is 0.492 e. The molecule has 0 fully saturated rings. The molecule has 1 aromatic heterocycles. The molecule has 3 aromatic rings. The second-order valence-corrected chi connectivity index (χ2v) is 7.38. The quantitative estimate of drug-likeness (QED) is 0.484. The minimum atomic E-state index is -0.394. The van der Waals surface area contributed by atoms with Crippen molar-refractivity contribution < 1.29 is 9.53 Å². The molecule has 0 spiro atoms. The van der Waals surface area contributed by atoms with Gasteiger partial charge in [-0.3, -0.25) is 14.2 Å². The lowest BCUT2D eigenvalue weighted by Gasteiger charge is -2.17. The van der Waals surface area contributed by atoms with Crippen LogP contribution in [0.25, 0.3) is 10.9 Å². The lowest BCUT2D eigenvalue weighted by atomic mass is 10.2. The summed E-state index contributed by atoms with van der Waals surface area (Å²) in [5.41, 5.74) is 1.14. The maximum atomic E-state index is 12.9. The molecule has 3 rings (SSSR count). The molecular formula is C21H23N3O3S. The monoisotopic (exact) mass is 397 g/mol. The normalized spacial score (nSPS) is 12.0. The second-order valence-electron chi connectivity index (χ2n) is 6.21. The van der Waals surface area contributed by atoms with Gasteiger partial charge in [-0.2, -0.15) is 0 Å². The number of aromatic nitrogens is 2. The van der Waals surface area contributed by atoms with Crippen LogP contribution in [0.5, 0.6) is 5.75 Å². The Morgan fingerprint density at radius 2 is 1.89 bits per heavy atom. The molecule has 146 valence electrons. The van der Waals surface area contributed by atoms with Crippen molar-refractivity contribution in [2.45, 2.75) is 30.7 Å². The van der Waals surface area contributed by atoms with Gasteiger partial charge in [0.25, 0.3) is 5.56 Å². The topological polar surface area (TPSA) is 73.2 Å². The molecule has 0 saturated carbocycles. The van der Waals surface area contributed by atoms with Gasteiger partial charge in [-0.1, -0.05) is 43.0 Å². The van der Waals surface area contributed by atoms with Crippen molar-refractivity contribution >= 4 is 34.3 Å².